The first-order chi connectivity index (χ1) is 8.15. The normalized spacial score (nSPS) is 23.2. The molecule has 0 aromatic carbocycles. The predicted octanol–water partition coefficient (Wildman–Crippen LogP) is 1.31. The van der Waals surface area contributed by atoms with Crippen molar-refractivity contribution in [1.29, 1.82) is 0 Å². The van der Waals surface area contributed by atoms with E-state index in [0.717, 1.165) is 25.3 Å². The summed E-state index contributed by atoms with van der Waals surface area (Å²) in [7, 11) is 2.04. The molecule has 4 heteroatoms. The molecule has 17 heavy (non-hydrogen) atoms. The lowest BCUT2D eigenvalue weighted by Gasteiger charge is -2.24. The van der Waals surface area contributed by atoms with Gasteiger partial charge in [-0.2, -0.15) is 0 Å². The average molecular weight is 240 g/mol. The van der Waals surface area contributed by atoms with E-state index < -0.39 is 12.0 Å². The molecule has 2 fully saturated rings. The lowest BCUT2D eigenvalue weighted by Crippen LogP contribution is -2.46. The van der Waals surface area contributed by atoms with E-state index in [2.05, 4.69) is 10.2 Å². The minimum Gasteiger partial charge on any atom is -0.480 e. The summed E-state index contributed by atoms with van der Waals surface area (Å²) in [6, 6.07) is 0.0601. The summed E-state index contributed by atoms with van der Waals surface area (Å²) >= 11 is 0. The van der Waals surface area contributed by atoms with Crippen molar-refractivity contribution in [2.75, 3.05) is 20.1 Å². The van der Waals surface area contributed by atoms with E-state index in [-0.39, 0.29) is 0 Å². The second-order valence-electron chi connectivity index (χ2n) is 5.70. The summed E-state index contributed by atoms with van der Waals surface area (Å²) in [6.07, 6.45) is 7.60. The topological polar surface area (TPSA) is 52.6 Å². The molecule has 2 aliphatic rings. The first-order valence-corrected chi connectivity index (χ1v) is 6.82. The maximum Gasteiger partial charge on any atom is 0.322 e. The second-order valence-corrected chi connectivity index (χ2v) is 5.70. The van der Waals surface area contributed by atoms with Gasteiger partial charge in [0.15, 0.2) is 0 Å². The third kappa shape index (κ3) is 4.28. The molecule has 0 amide bonds. The Morgan fingerprint density at radius 2 is 2.00 bits per heavy atom. The van der Waals surface area contributed by atoms with Crippen LogP contribution in [0.15, 0.2) is 0 Å². The number of rotatable bonds is 7. The van der Waals surface area contributed by atoms with Crippen LogP contribution in [0, 0.1) is 5.92 Å². The fraction of sp³-hybridized carbons (Fsp3) is 0.923. The Morgan fingerprint density at radius 3 is 2.53 bits per heavy atom. The van der Waals surface area contributed by atoms with Crippen LogP contribution < -0.4 is 5.32 Å². The molecule has 0 heterocycles. The number of carbonyl (C=O) groups is 1. The SMILES string of the molecule is CN(CC1CCCC1)CC(NC1CC1)C(=O)O. The summed E-state index contributed by atoms with van der Waals surface area (Å²) in [5.74, 6) is 0.0746. The van der Waals surface area contributed by atoms with E-state index in [1.165, 1.54) is 25.7 Å². The molecule has 2 aliphatic carbocycles. The zero-order valence-corrected chi connectivity index (χ0v) is 10.7. The summed E-state index contributed by atoms with van der Waals surface area (Å²) < 4.78 is 0. The van der Waals surface area contributed by atoms with E-state index in [4.69, 9.17) is 0 Å². The van der Waals surface area contributed by atoms with Crippen molar-refractivity contribution < 1.29 is 9.90 Å². The maximum absolute atomic E-state index is 11.1. The second kappa shape index (κ2) is 5.83. The Kier molecular flexibility index (Phi) is 4.40. The quantitative estimate of drug-likeness (QED) is 0.704. The van der Waals surface area contributed by atoms with Gasteiger partial charge in [-0.05, 0) is 38.6 Å². The molecule has 0 aromatic rings. The standard InChI is InChI=1S/C13H24N2O2/c1-15(8-10-4-2-3-5-10)9-12(13(16)17)14-11-6-7-11/h10-12,14H,2-9H2,1H3,(H,16,17). The van der Waals surface area contributed by atoms with Crippen molar-refractivity contribution in [3.05, 3.63) is 0 Å². The largest absolute Gasteiger partial charge is 0.480 e. The highest BCUT2D eigenvalue weighted by Gasteiger charge is 2.29. The summed E-state index contributed by atoms with van der Waals surface area (Å²) in [5, 5.41) is 12.4. The van der Waals surface area contributed by atoms with Crippen molar-refractivity contribution in [1.82, 2.24) is 10.2 Å². The van der Waals surface area contributed by atoms with Crippen molar-refractivity contribution in [3.63, 3.8) is 0 Å². The van der Waals surface area contributed by atoms with Crippen molar-refractivity contribution in [3.8, 4) is 0 Å². The molecule has 1 atom stereocenters. The monoisotopic (exact) mass is 240 g/mol. The molecule has 0 radical (unpaired) electrons. The van der Waals surface area contributed by atoms with E-state index in [1.54, 1.807) is 0 Å². The Morgan fingerprint density at radius 1 is 1.35 bits per heavy atom. The lowest BCUT2D eigenvalue weighted by atomic mass is 10.1. The van der Waals surface area contributed by atoms with Crippen LogP contribution in [0.3, 0.4) is 0 Å². The molecule has 0 saturated heterocycles. The molecule has 4 nitrogen and oxygen atoms in total. The lowest BCUT2D eigenvalue weighted by molar-refractivity contribution is -0.140. The van der Waals surface area contributed by atoms with Gasteiger partial charge in [0.2, 0.25) is 0 Å². The Bertz CT molecular complexity index is 260. The van der Waals surface area contributed by atoms with E-state index in [1.807, 2.05) is 7.05 Å². The number of aliphatic carboxylic acids is 1. The zero-order valence-electron chi connectivity index (χ0n) is 10.7. The van der Waals surface area contributed by atoms with Crippen molar-refractivity contribution >= 4 is 5.97 Å². The maximum atomic E-state index is 11.1. The highest BCUT2D eigenvalue weighted by molar-refractivity contribution is 5.73. The molecule has 1 unspecified atom stereocenters. The smallest absolute Gasteiger partial charge is 0.322 e. The van der Waals surface area contributed by atoms with Gasteiger partial charge in [-0.25, -0.2) is 0 Å². The molecule has 2 saturated carbocycles. The van der Waals surface area contributed by atoms with E-state index in [0.29, 0.717) is 12.6 Å². The van der Waals surface area contributed by atoms with Gasteiger partial charge < -0.3 is 15.3 Å². The molecule has 0 aromatic heterocycles. The highest BCUT2D eigenvalue weighted by atomic mass is 16.4. The molecule has 2 rings (SSSR count). The first kappa shape index (κ1) is 12.8. The fourth-order valence-electron chi connectivity index (χ4n) is 2.76. The molecular formula is C13H24N2O2. The van der Waals surface area contributed by atoms with Gasteiger partial charge in [-0.1, -0.05) is 12.8 Å². The number of likely N-dealkylation sites (N-methyl/N-ethyl adjacent to an activating group) is 1. The van der Waals surface area contributed by atoms with Crippen LogP contribution in [0.2, 0.25) is 0 Å². The number of hydrogen-bond donors (Lipinski definition) is 2. The number of carboxylic acid groups (broad SMARTS) is 1. The molecule has 98 valence electrons. The number of nitrogens with zero attached hydrogens (tertiary/aromatic N) is 1. The van der Waals surface area contributed by atoms with Gasteiger partial charge in [0.05, 0.1) is 0 Å². The molecule has 0 bridgehead atoms. The Hall–Kier alpha value is -0.610. The third-order valence-corrected chi connectivity index (χ3v) is 3.85. The number of carboxylic acids is 1. The van der Waals surface area contributed by atoms with E-state index in [9.17, 15) is 9.90 Å². The van der Waals surface area contributed by atoms with Crippen LogP contribution in [0.4, 0.5) is 0 Å². The van der Waals surface area contributed by atoms with Crippen LogP contribution in [0.1, 0.15) is 38.5 Å². The van der Waals surface area contributed by atoms with Crippen molar-refractivity contribution in [2.24, 2.45) is 5.92 Å². The van der Waals surface area contributed by atoms with Gasteiger partial charge in [0.1, 0.15) is 6.04 Å². The number of nitrogens with one attached hydrogen (secondary N) is 1. The van der Waals surface area contributed by atoms with Crippen LogP contribution in [-0.4, -0.2) is 48.2 Å². The summed E-state index contributed by atoms with van der Waals surface area (Å²) in [5.41, 5.74) is 0. The zero-order chi connectivity index (χ0) is 12.3. The molecular weight excluding hydrogens is 216 g/mol. The third-order valence-electron chi connectivity index (χ3n) is 3.85. The van der Waals surface area contributed by atoms with Gasteiger partial charge in [0, 0.05) is 19.1 Å². The predicted molar refractivity (Wildman–Crippen MR) is 67.0 cm³/mol. The molecule has 0 spiro atoms. The Labute approximate surface area is 103 Å². The van der Waals surface area contributed by atoms with Crippen LogP contribution in [0.25, 0.3) is 0 Å². The van der Waals surface area contributed by atoms with Gasteiger partial charge in [-0.15, -0.1) is 0 Å². The van der Waals surface area contributed by atoms with Crippen molar-refractivity contribution in [2.45, 2.75) is 50.6 Å². The van der Waals surface area contributed by atoms with Crippen LogP contribution in [-0.2, 0) is 4.79 Å². The summed E-state index contributed by atoms with van der Waals surface area (Å²) in [4.78, 5) is 13.3. The Balaban J connectivity index is 1.73. The van der Waals surface area contributed by atoms with Gasteiger partial charge in [-0.3, -0.25) is 4.79 Å². The summed E-state index contributed by atoms with van der Waals surface area (Å²) in [6.45, 7) is 1.68. The van der Waals surface area contributed by atoms with Gasteiger partial charge in [0.25, 0.3) is 0 Å². The minimum atomic E-state index is -0.713. The van der Waals surface area contributed by atoms with Gasteiger partial charge >= 0.3 is 5.97 Å². The average Bonchev–Trinajstić information content (AvgIpc) is 2.93. The number of hydrogen-bond acceptors (Lipinski definition) is 3. The molecule has 2 N–H and O–H groups in total. The van der Waals surface area contributed by atoms with Crippen LogP contribution >= 0.6 is 0 Å². The minimum absolute atomic E-state index is 0.395. The highest BCUT2D eigenvalue weighted by Crippen LogP contribution is 2.25. The fourth-order valence-corrected chi connectivity index (χ4v) is 2.76. The van der Waals surface area contributed by atoms with E-state index >= 15 is 0 Å². The van der Waals surface area contributed by atoms with Crippen LogP contribution in [0.5, 0.6) is 0 Å². The molecule has 0 aliphatic heterocycles. The first-order valence-electron chi connectivity index (χ1n) is 6.82.